The van der Waals surface area contributed by atoms with E-state index in [1.165, 1.54) is 14.0 Å². The minimum Gasteiger partial charge on any atom is -0.504 e. The van der Waals surface area contributed by atoms with E-state index in [0.717, 1.165) is 10.9 Å². The molecule has 1 unspecified atom stereocenters. The lowest BCUT2D eigenvalue weighted by atomic mass is 9.68. The Morgan fingerprint density at radius 1 is 1.24 bits per heavy atom. The zero-order valence-electron chi connectivity index (χ0n) is 21.5. The highest BCUT2D eigenvalue weighted by molar-refractivity contribution is 6.01. The van der Waals surface area contributed by atoms with Crippen LogP contribution >= 0.6 is 0 Å². The number of ether oxygens (including phenoxy) is 4. The molecule has 2 aliphatic rings. The van der Waals surface area contributed by atoms with Gasteiger partial charge in [0.1, 0.15) is 11.9 Å². The third-order valence-electron chi connectivity index (χ3n) is 7.24. The highest BCUT2D eigenvalue weighted by Gasteiger charge is 2.52. The molecule has 0 amide bonds. The molecule has 0 saturated carbocycles. The maximum Gasteiger partial charge on any atom is 0.320 e. The SMILES string of the molecule is COc1c2c(c3nc4ccccc4cc3c1O)C(C)C1=C(CC(C)(C)[C@@H](OC(=O)CN)[C@H]1OC(C)=O)O2. The van der Waals surface area contributed by atoms with Gasteiger partial charge in [0.15, 0.2) is 17.6 Å². The van der Waals surface area contributed by atoms with Crippen LogP contribution in [-0.4, -0.2) is 47.9 Å². The molecule has 0 saturated heterocycles. The van der Waals surface area contributed by atoms with E-state index in [1.807, 2.05) is 51.1 Å². The molecule has 3 aromatic rings. The summed E-state index contributed by atoms with van der Waals surface area (Å²) in [6.45, 7) is 6.80. The van der Waals surface area contributed by atoms with Gasteiger partial charge in [-0.25, -0.2) is 4.98 Å². The summed E-state index contributed by atoms with van der Waals surface area (Å²) in [4.78, 5) is 29.4. The predicted octanol–water partition coefficient (Wildman–Crippen LogP) is 4.08. The average molecular weight is 507 g/mol. The number of hydrogen-bond donors (Lipinski definition) is 2. The largest absolute Gasteiger partial charge is 0.504 e. The zero-order valence-corrected chi connectivity index (χ0v) is 21.5. The number of esters is 2. The Bertz CT molecular complexity index is 1480. The number of pyridine rings is 1. The predicted molar refractivity (Wildman–Crippen MR) is 136 cm³/mol. The topological polar surface area (TPSA) is 130 Å². The summed E-state index contributed by atoms with van der Waals surface area (Å²) in [6, 6.07) is 9.49. The lowest BCUT2D eigenvalue weighted by Gasteiger charge is -2.47. The van der Waals surface area contributed by atoms with Crippen LogP contribution in [0.4, 0.5) is 0 Å². The number of hydrogen-bond acceptors (Lipinski definition) is 9. The lowest BCUT2D eigenvalue weighted by Crippen LogP contribution is -2.51. The van der Waals surface area contributed by atoms with E-state index in [2.05, 4.69) is 0 Å². The lowest BCUT2D eigenvalue weighted by molar-refractivity contribution is -0.175. The monoisotopic (exact) mass is 506 g/mol. The van der Waals surface area contributed by atoms with Gasteiger partial charge in [-0.05, 0) is 12.1 Å². The average Bonchev–Trinajstić information content (AvgIpc) is 2.84. The molecule has 3 atom stereocenters. The number of carbonyl (C=O) groups is 2. The molecule has 9 heteroatoms. The summed E-state index contributed by atoms with van der Waals surface area (Å²) in [6.07, 6.45) is -1.29. The molecule has 0 fully saturated rings. The number of aromatic hydroxyl groups is 1. The van der Waals surface area contributed by atoms with E-state index < -0.39 is 29.6 Å². The Kier molecular flexibility index (Phi) is 5.98. The van der Waals surface area contributed by atoms with Gasteiger partial charge in [0.25, 0.3) is 0 Å². The van der Waals surface area contributed by atoms with E-state index in [1.54, 1.807) is 0 Å². The smallest absolute Gasteiger partial charge is 0.320 e. The highest BCUT2D eigenvalue weighted by Crippen LogP contribution is 2.57. The quantitative estimate of drug-likeness (QED) is 0.397. The van der Waals surface area contributed by atoms with Crippen LogP contribution in [0.25, 0.3) is 21.8 Å². The van der Waals surface area contributed by atoms with E-state index >= 15 is 0 Å². The number of nitrogens with zero attached hydrogens (tertiary/aromatic N) is 1. The summed E-state index contributed by atoms with van der Waals surface area (Å²) in [7, 11) is 1.47. The minimum absolute atomic E-state index is 0.0629. The number of aromatic nitrogens is 1. The van der Waals surface area contributed by atoms with Gasteiger partial charge in [-0.1, -0.05) is 39.0 Å². The number of benzene rings is 2. The molecule has 194 valence electrons. The van der Waals surface area contributed by atoms with Crippen molar-refractivity contribution in [1.29, 1.82) is 0 Å². The van der Waals surface area contributed by atoms with Gasteiger partial charge in [0.2, 0.25) is 5.75 Å². The summed E-state index contributed by atoms with van der Waals surface area (Å²) >= 11 is 0. The first kappa shape index (κ1) is 24.8. The second-order valence-electron chi connectivity index (χ2n) is 10.2. The van der Waals surface area contributed by atoms with E-state index in [-0.39, 0.29) is 24.0 Å². The number of fused-ring (bicyclic) bond motifs is 4. The van der Waals surface area contributed by atoms with Crippen LogP contribution in [-0.2, 0) is 19.1 Å². The van der Waals surface area contributed by atoms with Crippen LogP contribution in [0.3, 0.4) is 0 Å². The molecule has 37 heavy (non-hydrogen) atoms. The van der Waals surface area contributed by atoms with E-state index in [4.69, 9.17) is 29.7 Å². The van der Waals surface area contributed by atoms with Crippen molar-refractivity contribution in [3.05, 3.63) is 47.2 Å². The Morgan fingerprint density at radius 2 is 1.97 bits per heavy atom. The van der Waals surface area contributed by atoms with Crippen LogP contribution in [0.5, 0.6) is 17.2 Å². The third-order valence-corrected chi connectivity index (χ3v) is 7.24. The first-order chi connectivity index (χ1) is 17.6. The second kappa shape index (κ2) is 8.92. The first-order valence-electron chi connectivity index (χ1n) is 12.2. The number of phenolic OH excluding ortho intramolecular Hbond substituents is 1. The molecule has 0 spiro atoms. The number of para-hydroxylation sites is 1. The Labute approximate surface area is 214 Å². The van der Waals surface area contributed by atoms with Crippen molar-refractivity contribution in [3.63, 3.8) is 0 Å². The molecule has 1 aliphatic carbocycles. The molecular weight excluding hydrogens is 476 g/mol. The van der Waals surface area contributed by atoms with Crippen LogP contribution in [0.1, 0.15) is 45.6 Å². The molecule has 5 rings (SSSR count). The fourth-order valence-electron chi connectivity index (χ4n) is 5.58. The van der Waals surface area contributed by atoms with Crippen molar-refractivity contribution >= 4 is 33.7 Å². The molecule has 1 aliphatic heterocycles. The van der Waals surface area contributed by atoms with Gasteiger partial charge in [-0.3, -0.25) is 9.59 Å². The molecule has 3 N–H and O–H groups in total. The minimum atomic E-state index is -0.898. The number of carbonyl (C=O) groups excluding carboxylic acids is 2. The standard InChI is InChI=1S/C28H30N2O7/c1-13-20-18(11-28(3,4)27(37-19(32)12-29)25(20)35-14(2)31)36-24-21(13)22-16(23(33)26(24)34-5)10-15-8-6-7-9-17(15)30-22/h6-10,13,25,27,33H,11-12,29H2,1-5H3/t13?,25-,27-/m0/s1. The van der Waals surface area contributed by atoms with Crippen molar-refractivity contribution < 1.29 is 33.6 Å². The normalized spacial score (nSPS) is 22.2. The van der Waals surface area contributed by atoms with Crippen molar-refractivity contribution in [3.8, 4) is 17.2 Å². The number of methoxy groups -OCH3 is 1. The van der Waals surface area contributed by atoms with Crippen molar-refractivity contribution in [2.45, 2.75) is 52.2 Å². The van der Waals surface area contributed by atoms with E-state index in [9.17, 15) is 14.7 Å². The van der Waals surface area contributed by atoms with E-state index in [0.29, 0.717) is 40.0 Å². The van der Waals surface area contributed by atoms with Gasteiger partial charge in [0.05, 0.1) is 24.7 Å². The van der Waals surface area contributed by atoms with Gasteiger partial charge >= 0.3 is 11.9 Å². The van der Waals surface area contributed by atoms with Crippen LogP contribution in [0.15, 0.2) is 41.7 Å². The number of allylic oxidation sites excluding steroid dienone is 1. The van der Waals surface area contributed by atoms with Gasteiger partial charge in [-0.2, -0.15) is 0 Å². The summed E-state index contributed by atoms with van der Waals surface area (Å²) in [5, 5.41) is 12.6. The number of rotatable bonds is 4. The molecule has 2 aromatic carbocycles. The van der Waals surface area contributed by atoms with Gasteiger partial charge < -0.3 is 29.8 Å². The van der Waals surface area contributed by atoms with Crippen molar-refractivity contribution in [1.82, 2.24) is 4.98 Å². The van der Waals surface area contributed by atoms with Crippen LogP contribution in [0, 0.1) is 5.41 Å². The maximum absolute atomic E-state index is 12.3. The highest BCUT2D eigenvalue weighted by atomic mass is 16.6. The number of phenols is 1. The zero-order chi connectivity index (χ0) is 26.6. The fraction of sp³-hybridized carbons (Fsp3) is 0.393. The molecular formula is C28H30N2O7. The Morgan fingerprint density at radius 3 is 2.65 bits per heavy atom. The molecule has 0 radical (unpaired) electrons. The fourth-order valence-corrected chi connectivity index (χ4v) is 5.58. The second-order valence-corrected chi connectivity index (χ2v) is 10.2. The summed E-state index contributed by atoms with van der Waals surface area (Å²) < 4.78 is 23.6. The third kappa shape index (κ3) is 3.94. The maximum atomic E-state index is 12.3. The van der Waals surface area contributed by atoms with Gasteiger partial charge in [-0.15, -0.1) is 0 Å². The Hall–Kier alpha value is -3.85. The van der Waals surface area contributed by atoms with Crippen LogP contribution < -0.4 is 15.2 Å². The Balaban J connectivity index is 1.76. The summed E-state index contributed by atoms with van der Waals surface area (Å²) in [5.41, 5.74) is 7.56. The molecule has 1 aromatic heterocycles. The molecule has 0 bridgehead atoms. The summed E-state index contributed by atoms with van der Waals surface area (Å²) in [5.74, 6) is -0.383. The van der Waals surface area contributed by atoms with Crippen molar-refractivity contribution in [2.24, 2.45) is 11.1 Å². The molecule has 9 nitrogen and oxygen atoms in total. The van der Waals surface area contributed by atoms with Crippen LogP contribution in [0.2, 0.25) is 0 Å². The van der Waals surface area contributed by atoms with Gasteiger partial charge in [0, 0.05) is 46.6 Å². The first-order valence-corrected chi connectivity index (χ1v) is 12.2. The number of nitrogens with two attached hydrogens (primary N) is 1. The van der Waals surface area contributed by atoms with Crippen molar-refractivity contribution in [2.75, 3.05) is 13.7 Å². The molecule has 2 heterocycles.